The maximum Gasteiger partial charge on any atom is 0.339 e. The van der Waals surface area contributed by atoms with Crippen LogP contribution in [-0.4, -0.2) is 49.6 Å². The number of pyridine rings is 1. The van der Waals surface area contributed by atoms with E-state index >= 15 is 0 Å². The first-order chi connectivity index (χ1) is 8.54. The number of ether oxygens (including phenoxy) is 1. The summed E-state index contributed by atoms with van der Waals surface area (Å²) < 4.78 is 4.62. The lowest BCUT2D eigenvalue weighted by molar-refractivity contribution is 0.0600. The van der Waals surface area contributed by atoms with Crippen LogP contribution in [0.5, 0.6) is 0 Å². The van der Waals surface area contributed by atoms with Gasteiger partial charge >= 0.3 is 5.97 Å². The molecule has 0 amide bonds. The van der Waals surface area contributed by atoms with Crippen molar-refractivity contribution >= 4 is 5.97 Å². The van der Waals surface area contributed by atoms with E-state index in [0.29, 0.717) is 18.2 Å². The monoisotopic (exact) mass is 251 g/mol. The van der Waals surface area contributed by atoms with E-state index in [4.69, 9.17) is 0 Å². The quantitative estimate of drug-likeness (QED) is 0.762. The van der Waals surface area contributed by atoms with Crippen molar-refractivity contribution in [1.82, 2.24) is 15.2 Å². The molecule has 0 aliphatic carbocycles. The van der Waals surface area contributed by atoms with Gasteiger partial charge in [0.1, 0.15) is 0 Å². The Bertz CT molecular complexity index is 376. The Morgan fingerprint density at radius 2 is 2.22 bits per heavy atom. The van der Waals surface area contributed by atoms with Crippen molar-refractivity contribution in [3.05, 3.63) is 29.6 Å². The van der Waals surface area contributed by atoms with Crippen LogP contribution in [0.2, 0.25) is 0 Å². The van der Waals surface area contributed by atoms with Crippen LogP contribution in [0.15, 0.2) is 18.3 Å². The molecule has 0 aromatic carbocycles. The molecular weight excluding hydrogens is 230 g/mol. The number of carbonyl (C=O) groups is 1. The van der Waals surface area contributed by atoms with E-state index in [1.54, 1.807) is 6.07 Å². The fourth-order valence-corrected chi connectivity index (χ4v) is 1.36. The van der Waals surface area contributed by atoms with Gasteiger partial charge < -0.3 is 15.0 Å². The van der Waals surface area contributed by atoms with Crippen LogP contribution in [0.4, 0.5) is 0 Å². The second-order valence-electron chi connectivity index (χ2n) is 4.47. The number of nitrogens with zero attached hydrogens (tertiary/aromatic N) is 2. The van der Waals surface area contributed by atoms with E-state index in [1.165, 1.54) is 13.3 Å². The lowest BCUT2D eigenvalue weighted by Crippen LogP contribution is -2.35. The minimum absolute atomic E-state index is 0.358. The second kappa shape index (κ2) is 7.08. The molecule has 0 bridgehead atoms. The maximum absolute atomic E-state index is 11.2. The molecule has 0 saturated carbocycles. The fourth-order valence-electron chi connectivity index (χ4n) is 1.36. The van der Waals surface area contributed by atoms with Gasteiger partial charge in [0, 0.05) is 25.3 Å². The predicted octanol–water partition coefficient (Wildman–Crippen LogP) is 0.908. The van der Waals surface area contributed by atoms with Crippen LogP contribution in [0.1, 0.15) is 23.0 Å². The van der Waals surface area contributed by atoms with Gasteiger partial charge in [-0.25, -0.2) is 4.79 Å². The van der Waals surface area contributed by atoms with E-state index in [1.807, 2.05) is 6.07 Å². The summed E-state index contributed by atoms with van der Waals surface area (Å²) in [6.07, 6.45) is 1.54. The van der Waals surface area contributed by atoms with Crippen molar-refractivity contribution in [2.45, 2.75) is 19.5 Å². The van der Waals surface area contributed by atoms with Gasteiger partial charge in [0.15, 0.2) is 0 Å². The highest BCUT2D eigenvalue weighted by molar-refractivity contribution is 5.88. The van der Waals surface area contributed by atoms with Crippen molar-refractivity contribution < 1.29 is 9.53 Å². The third-order valence-corrected chi connectivity index (χ3v) is 2.87. The molecule has 1 atom stereocenters. The molecule has 0 spiro atoms. The Morgan fingerprint density at radius 1 is 1.50 bits per heavy atom. The van der Waals surface area contributed by atoms with Gasteiger partial charge in [-0.3, -0.25) is 4.98 Å². The highest BCUT2D eigenvalue weighted by Gasteiger charge is 2.06. The number of methoxy groups -OCH3 is 1. The number of rotatable bonds is 6. The molecule has 0 aliphatic rings. The molecule has 1 aromatic rings. The van der Waals surface area contributed by atoms with Crippen molar-refractivity contribution in [3.63, 3.8) is 0 Å². The molecule has 0 radical (unpaired) electrons. The molecule has 0 aliphatic heterocycles. The number of hydrogen-bond donors (Lipinski definition) is 1. The smallest absolute Gasteiger partial charge is 0.339 e. The number of hydrogen-bond acceptors (Lipinski definition) is 5. The van der Waals surface area contributed by atoms with Crippen LogP contribution >= 0.6 is 0 Å². The summed E-state index contributed by atoms with van der Waals surface area (Å²) in [7, 11) is 5.46. The highest BCUT2D eigenvalue weighted by atomic mass is 16.5. The summed E-state index contributed by atoms with van der Waals surface area (Å²) in [4.78, 5) is 17.6. The number of aromatic nitrogens is 1. The molecule has 100 valence electrons. The van der Waals surface area contributed by atoms with E-state index in [9.17, 15) is 4.79 Å². The second-order valence-corrected chi connectivity index (χ2v) is 4.47. The van der Waals surface area contributed by atoms with Crippen LogP contribution in [0, 0.1) is 0 Å². The number of carbonyl (C=O) groups excluding carboxylic acids is 1. The van der Waals surface area contributed by atoms with Gasteiger partial charge in [-0.1, -0.05) is 0 Å². The predicted molar refractivity (Wildman–Crippen MR) is 70.4 cm³/mol. The summed E-state index contributed by atoms with van der Waals surface area (Å²) in [5, 5.41) is 3.33. The minimum atomic E-state index is -0.358. The third-order valence-electron chi connectivity index (χ3n) is 2.87. The standard InChI is InChI=1S/C13H21N3O2/c1-10(16(2)3)7-14-9-12-6-5-11(8-15-12)13(17)18-4/h5-6,8,10,14H,7,9H2,1-4H3. The zero-order chi connectivity index (χ0) is 13.5. The first-order valence-electron chi connectivity index (χ1n) is 5.95. The molecule has 18 heavy (non-hydrogen) atoms. The molecular formula is C13H21N3O2. The number of likely N-dealkylation sites (N-methyl/N-ethyl adjacent to an activating group) is 1. The summed E-state index contributed by atoms with van der Waals surface area (Å²) in [5.74, 6) is -0.358. The van der Waals surface area contributed by atoms with Crippen molar-refractivity contribution in [2.75, 3.05) is 27.7 Å². The Hall–Kier alpha value is -1.46. The SMILES string of the molecule is COC(=O)c1ccc(CNCC(C)N(C)C)nc1. The Labute approximate surface area is 108 Å². The summed E-state index contributed by atoms with van der Waals surface area (Å²) in [6.45, 7) is 3.74. The van der Waals surface area contributed by atoms with Crippen LogP contribution < -0.4 is 5.32 Å². The van der Waals surface area contributed by atoms with E-state index in [0.717, 1.165) is 12.2 Å². The number of esters is 1. The molecule has 1 aromatic heterocycles. The molecule has 0 fully saturated rings. The average Bonchev–Trinajstić information content (AvgIpc) is 2.38. The minimum Gasteiger partial charge on any atom is -0.465 e. The first-order valence-corrected chi connectivity index (χ1v) is 5.95. The van der Waals surface area contributed by atoms with Gasteiger partial charge in [0.2, 0.25) is 0 Å². The zero-order valence-electron chi connectivity index (χ0n) is 11.4. The first kappa shape index (κ1) is 14.6. The normalized spacial score (nSPS) is 12.5. The van der Waals surface area contributed by atoms with Crippen molar-refractivity contribution in [1.29, 1.82) is 0 Å². The van der Waals surface area contributed by atoms with E-state index in [-0.39, 0.29) is 5.97 Å². The van der Waals surface area contributed by atoms with Crippen molar-refractivity contribution in [2.24, 2.45) is 0 Å². The summed E-state index contributed by atoms with van der Waals surface area (Å²) in [5.41, 5.74) is 1.39. The summed E-state index contributed by atoms with van der Waals surface area (Å²) >= 11 is 0. The van der Waals surface area contributed by atoms with Crippen LogP contribution in [-0.2, 0) is 11.3 Å². The molecule has 1 unspecified atom stereocenters. The molecule has 1 rings (SSSR count). The maximum atomic E-state index is 11.2. The fraction of sp³-hybridized carbons (Fsp3) is 0.538. The third kappa shape index (κ3) is 4.43. The van der Waals surface area contributed by atoms with Gasteiger partial charge in [-0.2, -0.15) is 0 Å². The van der Waals surface area contributed by atoms with Gasteiger partial charge in [-0.05, 0) is 33.2 Å². The van der Waals surface area contributed by atoms with Gasteiger partial charge in [0.25, 0.3) is 0 Å². The Balaban J connectivity index is 2.42. The van der Waals surface area contributed by atoms with E-state index in [2.05, 4.69) is 41.0 Å². The number of nitrogens with one attached hydrogen (secondary N) is 1. The Kier molecular flexibility index (Phi) is 5.74. The Morgan fingerprint density at radius 3 is 2.72 bits per heavy atom. The zero-order valence-corrected chi connectivity index (χ0v) is 11.4. The van der Waals surface area contributed by atoms with Gasteiger partial charge in [0.05, 0.1) is 18.4 Å². The largest absolute Gasteiger partial charge is 0.465 e. The molecule has 5 heteroatoms. The molecule has 1 heterocycles. The molecule has 1 N–H and O–H groups in total. The topological polar surface area (TPSA) is 54.5 Å². The van der Waals surface area contributed by atoms with Crippen LogP contribution in [0.25, 0.3) is 0 Å². The summed E-state index contributed by atoms with van der Waals surface area (Å²) in [6, 6.07) is 4.03. The van der Waals surface area contributed by atoms with E-state index < -0.39 is 0 Å². The molecule has 0 saturated heterocycles. The lowest BCUT2D eigenvalue weighted by atomic mass is 10.2. The molecule has 5 nitrogen and oxygen atoms in total. The van der Waals surface area contributed by atoms with Gasteiger partial charge in [-0.15, -0.1) is 0 Å². The lowest BCUT2D eigenvalue weighted by Gasteiger charge is -2.19. The highest BCUT2D eigenvalue weighted by Crippen LogP contribution is 2.02. The van der Waals surface area contributed by atoms with Crippen LogP contribution in [0.3, 0.4) is 0 Å². The average molecular weight is 251 g/mol. The van der Waals surface area contributed by atoms with Crippen molar-refractivity contribution in [3.8, 4) is 0 Å².